The number of urea groups is 1. The number of nitrogens with one attached hydrogen (secondary N) is 5. The van der Waals surface area contributed by atoms with E-state index in [4.69, 9.17) is 33.4 Å². The van der Waals surface area contributed by atoms with Crippen molar-refractivity contribution in [1.82, 2.24) is 59.9 Å². The lowest BCUT2D eigenvalue weighted by Gasteiger charge is -2.35. The Kier molecular flexibility index (Phi) is 12.2. The number of carbonyl (C=O) groups excluding carboxylic acids is 3. The quantitative estimate of drug-likeness (QED) is 0.0936. The lowest BCUT2D eigenvalue weighted by molar-refractivity contribution is -0.125. The van der Waals surface area contributed by atoms with Gasteiger partial charge in [-0.2, -0.15) is 19.9 Å². The first-order valence-corrected chi connectivity index (χ1v) is 20.8. The van der Waals surface area contributed by atoms with Crippen LogP contribution in [0.15, 0.2) is 12.7 Å². The second kappa shape index (κ2) is 17.5. The van der Waals surface area contributed by atoms with Crippen LogP contribution in [0.25, 0.3) is 22.3 Å². The van der Waals surface area contributed by atoms with Crippen LogP contribution in [-0.2, 0) is 9.59 Å². The van der Waals surface area contributed by atoms with E-state index in [2.05, 4.69) is 56.5 Å². The Balaban J connectivity index is 0.815. The Morgan fingerprint density at radius 2 is 1.19 bits per heavy atom. The Morgan fingerprint density at radius 3 is 1.81 bits per heavy atom. The summed E-state index contributed by atoms with van der Waals surface area (Å²) in [5.41, 5.74) is 2.03. The molecule has 0 aromatic carbocycles. The normalized spacial score (nSPS) is 27.6. The number of piperidine rings is 1. The van der Waals surface area contributed by atoms with Gasteiger partial charge in [-0.15, -0.1) is 0 Å². The number of aliphatic hydroxyl groups excluding tert-OH is 4. The second-order valence-corrected chi connectivity index (χ2v) is 16.6. The van der Waals surface area contributed by atoms with Gasteiger partial charge in [0.15, 0.2) is 34.0 Å². The summed E-state index contributed by atoms with van der Waals surface area (Å²) in [5.74, 6) is -0.0607. The van der Waals surface area contributed by atoms with E-state index in [0.717, 1.165) is 38.5 Å². The highest BCUT2D eigenvalue weighted by Gasteiger charge is 2.44. The van der Waals surface area contributed by atoms with Gasteiger partial charge < -0.3 is 61.0 Å². The van der Waals surface area contributed by atoms with Crippen LogP contribution in [-0.4, -0.2) is 151 Å². The molecular formula is C36H48Cl2N14O7. The van der Waals surface area contributed by atoms with Gasteiger partial charge >= 0.3 is 6.03 Å². The first kappa shape index (κ1) is 41.1. The molecule has 5 heterocycles. The Bertz CT molecular complexity index is 2180. The summed E-state index contributed by atoms with van der Waals surface area (Å²) in [7, 11) is 0. The SMILES string of the molecule is O=C(CO)N[C@@H]1CC[C@H](n2cnc3c(N[C@H]4CC[C@H](NC(=O)N5CCC(Nc6nc(Cl)nc7c6ncn7[C@@H]6C[C@H](NC(=O)CO)[C@@H](O)[C@H]6O)CC5)CC4)nc(Cl)nc32)C1. The Morgan fingerprint density at radius 1 is 0.644 bits per heavy atom. The first-order valence-electron chi connectivity index (χ1n) is 20.0. The smallest absolute Gasteiger partial charge is 0.317 e. The molecule has 1 saturated heterocycles. The number of likely N-dealkylation sites (tertiary alicyclic amines) is 1. The summed E-state index contributed by atoms with van der Waals surface area (Å²) >= 11 is 12.7. The fourth-order valence-electron chi connectivity index (χ4n) is 9.05. The summed E-state index contributed by atoms with van der Waals surface area (Å²) in [6.45, 7) is -0.215. The molecule has 21 nitrogen and oxygen atoms in total. The molecule has 1 aliphatic heterocycles. The molecule has 23 heteroatoms. The van der Waals surface area contributed by atoms with Gasteiger partial charge in [-0.25, -0.2) is 14.8 Å². The fourth-order valence-corrected chi connectivity index (χ4v) is 9.38. The molecule has 0 unspecified atom stereocenters. The zero-order chi connectivity index (χ0) is 41.4. The molecule has 4 aliphatic rings. The number of halogens is 2. The maximum absolute atomic E-state index is 13.4. The van der Waals surface area contributed by atoms with E-state index in [1.165, 1.54) is 6.33 Å². The third-order valence-corrected chi connectivity index (χ3v) is 12.5. The number of hydrogen-bond donors (Lipinski definition) is 9. The van der Waals surface area contributed by atoms with Crippen LogP contribution in [0.4, 0.5) is 16.4 Å². The number of rotatable bonds is 11. The number of amides is 4. The Hall–Kier alpha value is -4.67. The van der Waals surface area contributed by atoms with Crippen LogP contribution in [0, 0.1) is 0 Å². The molecule has 0 bridgehead atoms. The molecular weight excluding hydrogens is 811 g/mol. The van der Waals surface area contributed by atoms with Crippen molar-refractivity contribution in [3.63, 3.8) is 0 Å². The van der Waals surface area contributed by atoms with Crippen molar-refractivity contribution in [3.8, 4) is 0 Å². The third kappa shape index (κ3) is 8.80. The maximum Gasteiger partial charge on any atom is 0.317 e. The second-order valence-electron chi connectivity index (χ2n) is 15.9. The van der Waals surface area contributed by atoms with Crippen molar-refractivity contribution in [2.75, 3.05) is 36.9 Å². The molecule has 4 amide bonds. The lowest BCUT2D eigenvalue weighted by atomic mass is 9.91. The minimum atomic E-state index is -1.26. The molecule has 3 aliphatic carbocycles. The fraction of sp³-hybridized carbons (Fsp3) is 0.639. The van der Waals surface area contributed by atoms with Crippen LogP contribution < -0.4 is 26.6 Å². The monoisotopic (exact) mass is 858 g/mol. The Labute approximate surface area is 347 Å². The number of nitrogens with zero attached hydrogens (tertiary/aromatic N) is 9. The van der Waals surface area contributed by atoms with Gasteiger partial charge in [0.2, 0.25) is 22.4 Å². The molecule has 318 valence electrons. The van der Waals surface area contributed by atoms with E-state index in [-0.39, 0.29) is 59.1 Å². The average molecular weight is 860 g/mol. The summed E-state index contributed by atoms with van der Waals surface area (Å²) in [5, 5.41) is 55.2. The van der Waals surface area contributed by atoms with Crippen molar-refractivity contribution in [1.29, 1.82) is 0 Å². The molecule has 3 saturated carbocycles. The minimum Gasteiger partial charge on any atom is -0.388 e. The van der Waals surface area contributed by atoms with Crippen LogP contribution in [0.3, 0.4) is 0 Å². The summed E-state index contributed by atoms with van der Waals surface area (Å²) < 4.78 is 3.60. The van der Waals surface area contributed by atoms with Gasteiger partial charge in [-0.05, 0) is 87.4 Å². The first-order chi connectivity index (χ1) is 28.5. The summed E-state index contributed by atoms with van der Waals surface area (Å²) in [4.78, 5) is 65.4. The molecule has 8 rings (SSSR count). The van der Waals surface area contributed by atoms with Crippen molar-refractivity contribution >= 4 is 75.0 Å². The minimum absolute atomic E-state index is 0.0264. The lowest BCUT2D eigenvalue weighted by Crippen LogP contribution is -2.50. The van der Waals surface area contributed by atoms with Crippen LogP contribution in [0.5, 0.6) is 0 Å². The molecule has 4 fully saturated rings. The van der Waals surface area contributed by atoms with Gasteiger partial charge in [0.25, 0.3) is 0 Å². The van der Waals surface area contributed by atoms with Gasteiger partial charge in [-0.1, -0.05) is 0 Å². The van der Waals surface area contributed by atoms with Crippen LogP contribution in [0.1, 0.15) is 76.3 Å². The maximum atomic E-state index is 13.4. The largest absolute Gasteiger partial charge is 0.388 e. The molecule has 0 spiro atoms. The molecule has 6 atom stereocenters. The summed E-state index contributed by atoms with van der Waals surface area (Å²) in [6.07, 6.45) is 7.72. The average Bonchev–Trinajstić information content (AvgIpc) is 4.02. The number of aromatic nitrogens is 8. The number of aliphatic hydroxyl groups is 4. The van der Waals surface area contributed by atoms with Gasteiger partial charge in [-0.3, -0.25) is 9.59 Å². The highest BCUT2D eigenvalue weighted by Crippen LogP contribution is 2.36. The predicted molar refractivity (Wildman–Crippen MR) is 214 cm³/mol. The molecule has 4 aromatic heterocycles. The van der Waals surface area contributed by atoms with Crippen molar-refractivity contribution in [2.45, 2.75) is 119 Å². The van der Waals surface area contributed by atoms with Gasteiger partial charge in [0.05, 0.1) is 24.7 Å². The van der Waals surface area contributed by atoms with E-state index in [0.29, 0.717) is 66.3 Å². The molecule has 9 N–H and O–H groups in total. The predicted octanol–water partition coefficient (Wildman–Crippen LogP) is 0.628. The van der Waals surface area contributed by atoms with Crippen molar-refractivity contribution in [3.05, 3.63) is 23.2 Å². The van der Waals surface area contributed by atoms with Gasteiger partial charge in [0, 0.05) is 43.3 Å². The summed E-state index contributed by atoms with van der Waals surface area (Å²) in [6, 6.07) is -1.39. The zero-order valence-electron chi connectivity index (χ0n) is 32.0. The van der Waals surface area contributed by atoms with E-state index in [1.54, 1.807) is 10.9 Å². The topological polar surface area (TPSA) is 283 Å². The third-order valence-electron chi connectivity index (χ3n) is 12.1. The number of anilines is 2. The van der Waals surface area contributed by atoms with E-state index < -0.39 is 43.4 Å². The standard InChI is InChI=1S/C36H48Cl2N14O7/c37-34-46-30(26-32(48-34)51(15-39-26)21-6-5-20(11-21)41-24(55)13-53)42-17-1-3-18(4-2-17)44-36(59)50-9-7-19(8-10-50)43-31-27-33(49-35(38)47-31)52(16-40-27)23-12-22(28(57)29(23)58)45-25(56)14-54/h15-23,28-29,53-54,57-58H,1-14H2,(H,41,55)(H,44,59)(H,45,56)(H,42,46,48)(H,43,47,49)/t17-,18-,20-,21+,22+,23-,28-,29+/m1/s1. The van der Waals surface area contributed by atoms with Crippen molar-refractivity contribution in [2.24, 2.45) is 0 Å². The van der Waals surface area contributed by atoms with E-state index in [1.807, 2.05) is 9.47 Å². The van der Waals surface area contributed by atoms with Crippen molar-refractivity contribution < 1.29 is 34.8 Å². The highest BCUT2D eigenvalue weighted by atomic mass is 35.5. The highest BCUT2D eigenvalue weighted by molar-refractivity contribution is 6.29. The number of fused-ring (bicyclic) bond motifs is 2. The number of hydrogen-bond acceptors (Lipinski definition) is 15. The van der Waals surface area contributed by atoms with E-state index in [9.17, 15) is 24.6 Å². The molecule has 4 aromatic rings. The van der Waals surface area contributed by atoms with E-state index >= 15 is 0 Å². The number of imidazole rings is 2. The molecule has 59 heavy (non-hydrogen) atoms. The van der Waals surface area contributed by atoms with Crippen LogP contribution in [0.2, 0.25) is 10.6 Å². The van der Waals surface area contributed by atoms with Crippen LogP contribution >= 0.6 is 23.2 Å². The zero-order valence-corrected chi connectivity index (χ0v) is 33.6. The van der Waals surface area contributed by atoms with Gasteiger partial charge in [0.1, 0.15) is 25.4 Å². The number of carbonyl (C=O) groups is 3. The molecule has 0 radical (unpaired) electrons.